The van der Waals surface area contributed by atoms with Crippen molar-refractivity contribution >= 4 is 28.1 Å². The lowest BCUT2D eigenvalue weighted by Gasteiger charge is -2.12. The Hall–Kier alpha value is -3.59. The summed E-state index contributed by atoms with van der Waals surface area (Å²) in [6.07, 6.45) is -0.335. The average molecular weight is 491 g/mol. The van der Waals surface area contributed by atoms with Crippen molar-refractivity contribution in [2.24, 2.45) is 11.8 Å². The highest BCUT2D eigenvalue weighted by molar-refractivity contribution is 7.14. The van der Waals surface area contributed by atoms with Crippen LogP contribution in [0.3, 0.4) is 0 Å². The summed E-state index contributed by atoms with van der Waals surface area (Å²) >= 11 is 1.37. The number of aliphatic carboxylic acids is 1. The molecule has 1 aliphatic carbocycles. The zero-order valence-electron chi connectivity index (χ0n) is 18.6. The maximum absolute atomic E-state index is 14.9. The fourth-order valence-corrected chi connectivity index (χ4v) is 4.86. The predicted octanol–water partition coefficient (Wildman–Crippen LogP) is 5.61. The molecule has 0 spiro atoms. The van der Waals surface area contributed by atoms with Gasteiger partial charge >= 0.3 is 5.97 Å². The summed E-state index contributed by atoms with van der Waals surface area (Å²) in [7, 11) is 0. The van der Waals surface area contributed by atoms with Crippen LogP contribution in [0.5, 0.6) is 0 Å². The van der Waals surface area contributed by atoms with Gasteiger partial charge in [0.15, 0.2) is 5.13 Å². The second-order valence-corrected chi connectivity index (χ2v) is 9.48. The molecule has 4 aromatic rings. The van der Waals surface area contributed by atoms with Crippen molar-refractivity contribution in [3.8, 4) is 22.4 Å². The van der Waals surface area contributed by atoms with Gasteiger partial charge in [-0.3, -0.25) is 4.79 Å². The number of carbonyl (C=O) groups is 1. The van der Waals surface area contributed by atoms with Crippen LogP contribution in [-0.4, -0.2) is 26.3 Å². The number of rotatable bonds is 8. The van der Waals surface area contributed by atoms with Crippen LogP contribution in [0.4, 0.5) is 15.2 Å². The highest BCUT2D eigenvalue weighted by atomic mass is 32.1. The number of aliphatic hydroxyl groups excluding tert-OH is 2. The van der Waals surface area contributed by atoms with E-state index in [0.29, 0.717) is 28.4 Å². The zero-order chi connectivity index (χ0) is 24.5. The molecule has 8 heteroatoms. The van der Waals surface area contributed by atoms with Crippen LogP contribution in [0, 0.1) is 17.7 Å². The number of thiazole rings is 1. The van der Waals surface area contributed by atoms with Gasteiger partial charge in [0, 0.05) is 16.9 Å². The molecule has 5 rings (SSSR count). The highest BCUT2D eigenvalue weighted by Crippen LogP contribution is 2.47. The van der Waals surface area contributed by atoms with E-state index >= 15 is 0 Å². The molecule has 35 heavy (non-hydrogen) atoms. The molecule has 1 aromatic heterocycles. The minimum Gasteiger partial charge on any atom is -0.481 e. The Morgan fingerprint density at radius 2 is 1.74 bits per heavy atom. The number of carboxylic acids is 1. The molecule has 3 aromatic carbocycles. The molecule has 0 saturated heterocycles. The summed E-state index contributed by atoms with van der Waals surface area (Å²) in [6, 6.07) is 19.5. The first-order chi connectivity index (χ1) is 16.9. The number of nitrogens with zero attached hydrogens (tertiary/aromatic N) is 1. The van der Waals surface area contributed by atoms with E-state index in [4.69, 9.17) is 5.11 Å². The van der Waals surface area contributed by atoms with Crippen molar-refractivity contribution in [1.82, 2.24) is 4.98 Å². The van der Waals surface area contributed by atoms with E-state index in [1.165, 1.54) is 17.4 Å². The third kappa shape index (κ3) is 4.95. The number of hydrogen-bond donors (Lipinski definition) is 4. The van der Waals surface area contributed by atoms with E-state index < -0.39 is 23.8 Å². The quantitative estimate of drug-likeness (QED) is 0.256. The number of anilines is 2. The summed E-state index contributed by atoms with van der Waals surface area (Å²) in [5, 5.41) is 34.1. The number of halogens is 1. The van der Waals surface area contributed by atoms with Gasteiger partial charge in [0.2, 0.25) is 0 Å². The normalized spacial score (nSPS) is 17.7. The van der Waals surface area contributed by atoms with Gasteiger partial charge in [-0.15, -0.1) is 11.3 Å². The minimum absolute atomic E-state index is 0.0147. The van der Waals surface area contributed by atoms with Crippen LogP contribution in [0.1, 0.15) is 23.7 Å². The lowest BCUT2D eigenvalue weighted by molar-refractivity contribution is -0.139. The maximum Gasteiger partial charge on any atom is 0.306 e. The van der Waals surface area contributed by atoms with Gasteiger partial charge in [0.25, 0.3) is 0 Å². The summed E-state index contributed by atoms with van der Waals surface area (Å²) in [5.41, 5.74) is 4.95. The molecule has 1 fully saturated rings. The van der Waals surface area contributed by atoms with E-state index in [1.807, 2.05) is 29.6 Å². The van der Waals surface area contributed by atoms with Gasteiger partial charge in [0.05, 0.1) is 30.0 Å². The second kappa shape index (κ2) is 9.58. The van der Waals surface area contributed by atoms with Crippen molar-refractivity contribution in [2.75, 3.05) is 5.32 Å². The zero-order valence-corrected chi connectivity index (χ0v) is 19.4. The number of hydrogen-bond acceptors (Lipinski definition) is 6. The fraction of sp³-hybridized carbons (Fsp3) is 0.185. The Kier molecular flexibility index (Phi) is 6.34. The number of aromatic nitrogens is 1. The van der Waals surface area contributed by atoms with Crippen molar-refractivity contribution in [2.45, 2.75) is 19.1 Å². The predicted molar refractivity (Wildman–Crippen MR) is 133 cm³/mol. The molecule has 0 amide bonds. The molecule has 0 bridgehead atoms. The number of benzene rings is 3. The molecule has 0 radical (unpaired) electrons. The topological polar surface area (TPSA) is 103 Å². The van der Waals surface area contributed by atoms with Gasteiger partial charge in [-0.05, 0) is 40.8 Å². The molecule has 6 nitrogen and oxygen atoms in total. The summed E-state index contributed by atoms with van der Waals surface area (Å²) < 4.78 is 14.9. The Labute approximate surface area is 205 Å². The standard InChI is InChI=1S/C27H23FN2O4S/c28-22-11-19(16-5-7-18(8-6-16)25(32)20-12-21(20)26(33)34)9-10-23(22)29-27-30-24(14-35-27)17-3-1-15(13-31)2-4-17/h1-11,14,20-21,25,31-32H,12-13H2,(H,29,30)(H,33,34)/t20-,21?,25?/m0/s1. The Morgan fingerprint density at radius 3 is 2.37 bits per heavy atom. The molecule has 2 unspecified atom stereocenters. The monoisotopic (exact) mass is 490 g/mol. The second-order valence-electron chi connectivity index (χ2n) is 8.62. The fourth-order valence-electron chi connectivity index (χ4n) is 4.12. The van der Waals surface area contributed by atoms with E-state index in [-0.39, 0.29) is 12.5 Å². The SMILES string of the molecule is O=C(O)C1C[C@@H]1C(O)c1ccc(-c2ccc(Nc3nc(-c4ccc(CO)cc4)cs3)c(F)c2)cc1. The minimum atomic E-state index is -0.875. The van der Waals surface area contributed by atoms with E-state index in [2.05, 4.69) is 10.3 Å². The molecule has 178 valence electrons. The first-order valence-electron chi connectivity index (χ1n) is 11.2. The number of nitrogens with one attached hydrogen (secondary N) is 1. The molecule has 1 saturated carbocycles. The lowest BCUT2D eigenvalue weighted by atomic mass is 9.99. The van der Waals surface area contributed by atoms with E-state index in [9.17, 15) is 19.4 Å². The van der Waals surface area contributed by atoms with Crippen molar-refractivity contribution in [3.63, 3.8) is 0 Å². The van der Waals surface area contributed by atoms with Crippen LogP contribution >= 0.6 is 11.3 Å². The van der Waals surface area contributed by atoms with Crippen LogP contribution in [-0.2, 0) is 11.4 Å². The first-order valence-corrected chi connectivity index (χ1v) is 12.0. The molecule has 1 heterocycles. The van der Waals surface area contributed by atoms with Gasteiger partial charge in [-0.1, -0.05) is 54.6 Å². The van der Waals surface area contributed by atoms with Crippen LogP contribution < -0.4 is 5.32 Å². The Balaban J connectivity index is 1.27. The third-order valence-electron chi connectivity index (χ3n) is 6.30. The maximum atomic E-state index is 14.9. The number of carboxylic acid groups (broad SMARTS) is 1. The third-order valence-corrected chi connectivity index (χ3v) is 7.05. The molecular formula is C27H23FN2O4S. The van der Waals surface area contributed by atoms with Gasteiger partial charge in [-0.25, -0.2) is 9.37 Å². The van der Waals surface area contributed by atoms with Crippen molar-refractivity contribution in [3.05, 3.63) is 89.1 Å². The van der Waals surface area contributed by atoms with Gasteiger partial charge < -0.3 is 20.6 Å². The van der Waals surface area contributed by atoms with Crippen LogP contribution in [0.2, 0.25) is 0 Å². The molecular weight excluding hydrogens is 467 g/mol. The highest BCUT2D eigenvalue weighted by Gasteiger charge is 2.47. The van der Waals surface area contributed by atoms with Gasteiger partial charge in [-0.2, -0.15) is 0 Å². The Morgan fingerprint density at radius 1 is 1.06 bits per heavy atom. The van der Waals surface area contributed by atoms with Gasteiger partial charge in [0.1, 0.15) is 5.82 Å². The summed E-state index contributed by atoms with van der Waals surface area (Å²) in [6.45, 7) is -0.0147. The molecule has 0 aliphatic heterocycles. The molecule has 1 aliphatic rings. The van der Waals surface area contributed by atoms with E-state index in [1.54, 1.807) is 36.4 Å². The van der Waals surface area contributed by atoms with E-state index in [0.717, 1.165) is 22.4 Å². The van der Waals surface area contributed by atoms with Crippen molar-refractivity contribution < 1.29 is 24.5 Å². The first kappa shape index (κ1) is 23.2. The summed E-state index contributed by atoms with van der Waals surface area (Å²) in [4.78, 5) is 15.6. The van der Waals surface area contributed by atoms with Crippen LogP contribution in [0.15, 0.2) is 72.1 Å². The largest absolute Gasteiger partial charge is 0.481 e. The molecule has 3 atom stereocenters. The van der Waals surface area contributed by atoms with Crippen LogP contribution in [0.25, 0.3) is 22.4 Å². The smallest absolute Gasteiger partial charge is 0.306 e. The average Bonchev–Trinajstić information content (AvgIpc) is 3.56. The van der Waals surface area contributed by atoms with Crippen molar-refractivity contribution in [1.29, 1.82) is 0 Å². The molecule has 4 N–H and O–H groups in total. The summed E-state index contributed by atoms with van der Waals surface area (Å²) in [5.74, 6) is -2.04. The number of aliphatic hydroxyl groups is 2. The Bertz CT molecular complexity index is 1350. The lowest BCUT2D eigenvalue weighted by Crippen LogP contribution is -2.06.